The predicted octanol–water partition coefficient (Wildman–Crippen LogP) is 2.67. The minimum Gasteiger partial charge on any atom is -0.471 e. The monoisotopic (exact) mass is 327 g/mol. The fourth-order valence-corrected chi connectivity index (χ4v) is 6.24. The van der Waals surface area contributed by atoms with Crippen molar-refractivity contribution in [2.75, 3.05) is 13.1 Å². The second-order valence-corrected chi connectivity index (χ2v) is 8.54. The van der Waals surface area contributed by atoms with Crippen molar-refractivity contribution in [1.29, 1.82) is 0 Å². The van der Waals surface area contributed by atoms with Gasteiger partial charge in [-0.05, 0) is 62.3 Å². The summed E-state index contributed by atoms with van der Waals surface area (Å²) in [5.41, 5.74) is -0.0316. The maximum absolute atomic E-state index is 13.3. The van der Waals surface area contributed by atoms with Gasteiger partial charge in [-0.25, -0.2) is 0 Å². The zero-order valence-corrected chi connectivity index (χ0v) is 14.1. The Kier molecular flexibility index (Phi) is 3.32. The first kappa shape index (κ1) is 14.7. The number of nitrogens with zero attached hydrogens (tertiary/aromatic N) is 3. The molecule has 1 unspecified atom stereocenters. The molecule has 128 valence electrons. The van der Waals surface area contributed by atoms with Crippen molar-refractivity contribution in [3.8, 4) is 5.88 Å². The Bertz CT molecular complexity index is 597. The highest BCUT2D eigenvalue weighted by atomic mass is 16.5. The Labute approximate surface area is 142 Å². The molecular formula is C19H25N3O2. The Morgan fingerprint density at radius 1 is 1.17 bits per heavy atom. The van der Waals surface area contributed by atoms with Crippen LogP contribution in [0.5, 0.6) is 5.88 Å². The van der Waals surface area contributed by atoms with Crippen molar-refractivity contribution >= 4 is 5.91 Å². The van der Waals surface area contributed by atoms with Crippen molar-refractivity contribution in [1.82, 2.24) is 15.1 Å². The average molecular weight is 327 g/mol. The summed E-state index contributed by atoms with van der Waals surface area (Å²) in [6, 6.07) is 3.66. The van der Waals surface area contributed by atoms with Crippen molar-refractivity contribution in [3.05, 3.63) is 18.3 Å². The lowest BCUT2D eigenvalue weighted by atomic mass is 9.49. The van der Waals surface area contributed by atoms with Crippen molar-refractivity contribution < 1.29 is 9.53 Å². The number of carbonyl (C=O) groups is 1. The lowest BCUT2D eigenvalue weighted by molar-refractivity contribution is -0.156. The van der Waals surface area contributed by atoms with E-state index in [0.29, 0.717) is 18.3 Å². The number of amides is 1. The molecule has 1 aliphatic heterocycles. The normalized spacial score (nSPS) is 40.1. The molecule has 1 aromatic heterocycles. The minimum absolute atomic E-state index is 0.0316. The molecule has 1 atom stereocenters. The van der Waals surface area contributed by atoms with Crippen LogP contribution in [0.3, 0.4) is 0 Å². The number of carbonyl (C=O) groups excluding carboxylic acids is 1. The molecule has 6 rings (SSSR count). The van der Waals surface area contributed by atoms with E-state index >= 15 is 0 Å². The Hall–Kier alpha value is -1.65. The molecule has 5 aliphatic rings. The topological polar surface area (TPSA) is 55.3 Å². The van der Waals surface area contributed by atoms with E-state index in [1.807, 2.05) is 12.1 Å². The van der Waals surface area contributed by atoms with Gasteiger partial charge in [0.2, 0.25) is 11.8 Å². The summed E-state index contributed by atoms with van der Waals surface area (Å²) in [5, 5.41) is 7.84. The molecule has 1 amide bonds. The maximum atomic E-state index is 13.3. The van der Waals surface area contributed by atoms with Crippen LogP contribution in [-0.4, -0.2) is 40.2 Å². The van der Waals surface area contributed by atoms with Crippen LogP contribution in [0.25, 0.3) is 0 Å². The lowest BCUT2D eigenvalue weighted by Crippen LogP contribution is -2.54. The summed E-state index contributed by atoms with van der Waals surface area (Å²) in [6.07, 6.45) is 10.2. The number of rotatable bonds is 3. The second-order valence-electron chi connectivity index (χ2n) is 8.54. The molecule has 0 radical (unpaired) electrons. The van der Waals surface area contributed by atoms with Gasteiger partial charge in [-0.1, -0.05) is 0 Å². The summed E-state index contributed by atoms with van der Waals surface area (Å²) in [4.78, 5) is 15.4. The van der Waals surface area contributed by atoms with Gasteiger partial charge in [0.1, 0.15) is 6.10 Å². The first-order valence-electron chi connectivity index (χ1n) is 9.44. The molecule has 0 N–H and O–H groups in total. The number of hydrogen-bond donors (Lipinski definition) is 0. The fourth-order valence-electron chi connectivity index (χ4n) is 6.24. The Morgan fingerprint density at radius 3 is 2.50 bits per heavy atom. The molecule has 1 saturated heterocycles. The number of ether oxygens (including phenoxy) is 1. The third kappa shape index (κ3) is 2.40. The highest BCUT2D eigenvalue weighted by Crippen LogP contribution is 2.60. The molecule has 5 nitrogen and oxygen atoms in total. The number of hydrogen-bond acceptors (Lipinski definition) is 4. The SMILES string of the molecule is O=C(N1CCC(Oc2cccnn2)C1)C12CC3CC(CC(C3)C1)C2. The first-order chi connectivity index (χ1) is 11.7. The van der Waals surface area contributed by atoms with Crippen LogP contribution in [0.2, 0.25) is 0 Å². The van der Waals surface area contributed by atoms with E-state index in [1.165, 1.54) is 19.3 Å². The first-order valence-corrected chi connectivity index (χ1v) is 9.44. The minimum atomic E-state index is -0.0316. The molecular weight excluding hydrogens is 302 g/mol. The van der Waals surface area contributed by atoms with Gasteiger partial charge in [0.15, 0.2) is 0 Å². The molecule has 4 aliphatic carbocycles. The van der Waals surface area contributed by atoms with Crippen LogP contribution in [0.4, 0.5) is 0 Å². The van der Waals surface area contributed by atoms with E-state index < -0.39 is 0 Å². The average Bonchev–Trinajstić information content (AvgIpc) is 3.02. The fraction of sp³-hybridized carbons (Fsp3) is 0.737. The van der Waals surface area contributed by atoms with Gasteiger partial charge < -0.3 is 9.64 Å². The van der Waals surface area contributed by atoms with E-state index in [4.69, 9.17) is 4.74 Å². The van der Waals surface area contributed by atoms with Gasteiger partial charge >= 0.3 is 0 Å². The van der Waals surface area contributed by atoms with Crippen LogP contribution < -0.4 is 4.74 Å². The standard InChI is InChI=1S/C19H25N3O2/c23-18(19-9-13-6-14(10-19)8-15(7-13)11-19)22-5-3-16(12-22)24-17-2-1-4-20-21-17/h1-2,4,13-16H,3,5-12H2. The molecule has 1 aromatic rings. The smallest absolute Gasteiger partial charge is 0.233 e. The third-order valence-electron chi connectivity index (χ3n) is 6.76. The van der Waals surface area contributed by atoms with Crippen LogP contribution in [0.15, 0.2) is 18.3 Å². The van der Waals surface area contributed by atoms with Crippen LogP contribution in [0.1, 0.15) is 44.9 Å². The van der Waals surface area contributed by atoms with E-state index in [1.54, 1.807) is 6.20 Å². The molecule has 2 heterocycles. The van der Waals surface area contributed by atoms with Crippen molar-refractivity contribution in [3.63, 3.8) is 0 Å². The lowest BCUT2D eigenvalue weighted by Gasteiger charge is -2.56. The summed E-state index contributed by atoms with van der Waals surface area (Å²) in [6.45, 7) is 1.53. The van der Waals surface area contributed by atoms with E-state index in [0.717, 1.165) is 50.0 Å². The molecule has 0 spiro atoms. The summed E-state index contributed by atoms with van der Waals surface area (Å²) >= 11 is 0. The molecule has 24 heavy (non-hydrogen) atoms. The van der Waals surface area contributed by atoms with E-state index in [-0.39, 0.29) is 11.5 Å². The highest BCUT2D eigenvalue weighted by molar-refractivity contribution is 5.83. The highest BCUT2D eigenvalue weighted by Gasteiger charge is 2.56. The van der Waals surface area contributed by atoms with E-state index in [9.17, 15) is 4.79 Å². The zero-order chi connectivity index (χ0) is 16.1. The van der Waals surface area contributed by atoms with E-state index in [2.05, 4.69) is 15.1 Å². The van der Waals surface area contributed by atoms with Crippen molar-refractivity contribution in [2.24, 2.45) is 23.2 Å². The molecule has 4 bridgehead atoms. The molecule has 5 heteroatoms. The predicted molar refractivity (Wildman–Crippen MR) is 88.3 cm³/mol. The third-order valence-corrected chi connectivity index (χ3v) is 6.76. The quantitative estimate of drug-likeness (QED) is 0.856. The van der Waals surface area contributed by atoms with Crippen LogP contribution in [-0.2, 0) is 4.79 Å². The Balaban J connectivity index is 1.27. The number of likely N-dealkylation sites (tertiary alicyclic amines) is 1. The second kappa shape index (κ2) is 5.43. The van der Waals surface area contributed by atoms with Gasteiger partial charge in [0.05, 0.1) is 12.0 Å². The Morgan fingerprint density at radius 2 is 1.88 bits per heavy atom. The van der Waals surface area contributed by atoms with Crippen molar-refractivity contribution in [2.45, 2.75) is 51.0 Å². The molecule has 5 fully saturated rings. The largest absolute Gasteiger partial charge is 0.471 e. The van der Waals surface area contributed by atoms with Crippen LogP contribution in [0, 0.1) is 23.2 Å². The number of aromatic nitrogens is 2. The maximum Gasteiger partial charge on any atom is 0.233 e. The van der Waals surface area contributed by atoms with Gasteiger partial charge in [-0.3, -0.25) is 4.79 Å². The molecule has 4 saturated carbocycles. The summed E-state index contributed by atoms with van der Waals surface area (Å²) in [7, 11) is 0. The zero-order valence-electron chi connectivity index (χ0n) is 14.1. The van der Waals surface area contributed by atoms with Gasteiger partial charge in [0, 0.05) is 25.2 Å². The molecule has 0 aromatic carbocycles. The summed E-state index contributed by atoms with van der Waals surface area (Å²) in [5.74, 6) is 3.43. The van der Waals surface area contributed by atoms with Gasteiger partial charge in [-0.15, -0.1) is 5.10 Å². The van der Waals surface area contributed by atoms with Gasteiger partial charge in [-0.2, -0.15) is 5.10 Å². The van der Waals surface area contributed by atoms with Crippen LogP contribution >= 0.6 is 0 Å². The van der Waals surface area contributed by atoms with Gasteiger partial charge in [0.25, 0.3) is 0 Å². The summed E-state index contributed by atoms with van der Waals surface area (Å²) < 4.78 is 5.91.